The van der Waals surface area contributed by atoms with Gasteiger partial charge in [-0.1, -0.05) is 55.0 Å². The van der Waals surface area contributed by atoms with Crippen molar-refractivity contribution in [2.75, 3.05) is 0 Å². The van der Waals surface area contributed by atoms with Crippen molar-refractivity contribution in [3.8, 4) is 0 Å². The van der Waals surface area contributed by atoms with Gasteiger partial charge in [0.25, 0.3) is 5.91 Å². The van der Waals surface area contributed by atoms with Crippen molar-refractivity contribution >= 4 is 22.2 Å². The standard InChI is InChI=1S/C17H20N4OS/c1-10(2)15-19-20-17-21(15)12(4)14(23-17)16(22)18-9-13-7-5-11(3)6-8-13/h5-8,10H,9H2,1-4H3,(H,18,22). The van der Waals surface area contributed by atoms with Gasteiger partial charge in [-0.3, -0.25) is 9.20 Å². The summed E-state index contributed by atoms with van der Waals surface area (Å²) >= 11 is 1.39. The lowest BCUT2D eigenvalue weighted by atomic mass is 10.1. The molecule has 6 heteroatoms. The number of amides is 1. The van der Waals surface area contributed by atoms with Crippen molar-refractivity contribution in [2.45, 2.75) is 40.2 Å². The SMILES string of the molecule is Cc1ccc(CNC(=O)c2sc3nnc(C(C)C)n3c2C)cc1. The molecule has 0 aliphatic rings. The van der Waals surface area contributed by atoms with E-state index in [1.807, 2.05) is 42.5 Å². The number of benzene rings is 1. The summed E-state index contributed by atoms with van der Waals surface area (Å²) in [6.07, 6.45) is 0. The van der Waals surface area contributed by atoms with Gasteiger partial charge >= 0.3 is 0 Å². The normalized spacial score (nSPS) is 11.3. The van der Waals surface area contributed by atoms with E-state index in [0.29, 0.717) is 11.4 Å². The quantitative estimate of drug-likeness (QED) is 0.798. The van der Waals surface area contributed by atoms with Gasteiger partial charge in [-0.25, -0.2) is 0 Å². The highest BCUT2D eigenvalue weighted by molar-refractivity contribution is 7.19. The summed E-state index contributed by atoms with van der Waals surface area (Å²) in [7, 11) is 0. The fourth-order valence-electron chi connectivity index (χ4n) is 2.48. The zero-order valence-corrected chi connectivity index (χ0v) is 14.6. The van der Waals surface area contributed by atoms with Crippen LogP contribution in [0.3, 0.4) is 0 Å². The molecule has 0 unspecified atom stereocenters. The fraction of sp³-hybridized carbons (Fsp3) is 0.353. The number of nitrogens with one attached hydrogen (secondary N) is 1. The molecule has 5 nitrogen and oxygen atoms in total. The second-order valence-electron chi connectivity index (χ2n) is 6.02. The summed E-state index contributed by atoms with van der Waals surface area (Å²) in [6, 6.07) is 8.16. The van der Waals surface area contributed by atoms with Crippen LogP contribution in [0.2, 0.25) is 0 Å². The Kier molecular flexibility index (Phi) is 4.17. The molecule has 2 aromatic heterocycles. The highest BCUT2D eigenvalue weighted by Crippen LogP contribution is 2.25. The van der Waals surface area contributed by atoms with E-state index in [1.54, 1.807) is 0 Å². The van der Waals surface area contributed by atoms with Gasteiger partial charge in [0.15, 0.2) is 0 Å². The molecule has 23 heavy (non-hydrogen) atoms. The van der Waals surface area contributed by atoms with E-state index < -0.39 is 0 Å². The van der Waals surface area contributed by atoms with Crippen molar-refractivity contribution in [1.82, 2.24) is 19.9 Å². The molecule has 120 valence electrons. The van der Waals surface area contributed by atoms with Gasteiger partial charge in [0.1, 0.15) is 10.7 Å². The Labute approximate surface area is 139 Å². The molecule has 0 spiro atoms. The number of aromatic nitrogens is 3. The molecule has 0 saturated heterocycles. The topological polar surface area (TPSA) is 59.3 Å². The highest BCUT2D eigenvalue weighted by Gasteiger charge is 2.20. The number of aryl methyl sites for hydroxylation is 2. The molecule has 1 amide bonds. The smallest absolute Gasteiger partial charge is 0.263 e. The number of hydrogen-bond acceptors (Lipinski definition) is 4. The maximum absolute atomic E-state index is 12.5. The number of rotatable bonds is 4. The molecule has 3 aromatic rings. The van der Waals surface area contributed by atoms with Crippen LogP contribution in [0, 0.1) is 13.8 Å². The Hall–Kier alpha value is -2.21. The first-order valence-corrected chi connectivity index (χ1v) is 8.47. The zero-order chi connectivity index (χ0) is 16.6. The third kappa shape index (κ3) is 2.99. The van der Waals surface area contributed by atoms with Gasteiger partial charge < -0.3 is 5.32 Å². The number of fused-ring (bicyclic) bond motifs is 1. The van der Waals surface area contributed by atoms with Gasteiger partial charge in [-0.15, -0.1) is 10.2 Å². The van der Waals surface area contributed by atoms with Crippen LogP contribution in [-0.2, 0) is 6.54 Å². The molecular weight excluding hydrogens is 308 g/mol. The Bertz CT molecular complexity index is 845. The summed E-state index contributed by atoms with van der Waals surface area (Å²) in [4.78, 5) is 14.0. The van der Waals surface area contributed by atoms with Crippen LogP contribution in [0.4, 0.5) is 0 Å². The Morgan fingerprint density at radius 3 is 2.57 bits per heavy atom. The minimum Gasteiger partial charge on any atom is -0.347 e. The second kappa shape index (κ2) is 6.12. The van der Waals surface area contributed by atoms with Gasteiger partial charge in [0, 0.05) is 18.2 Å². The third-order valence-electron chi connectivity index (χ3n) is 3.81. The molecule has 0 aliphatic heterocycles. The summed E-state index contributed by atoms with van der Waals surface area (Å²) in [6.45, 7) is 8.66. The van der Waals surface area contributed by atoms with E-state index in [2.05, 4.69) is 29.4 Å². The van der Waals surface area contributed by atoms with Gasteiger partial charge in [0.2, 0.25) is 4.96 Å². The van der Waals surface area contributed by atoms with Crippen LogP contribution < -0.4 is 5.32 Å². The third-order valence-corrected chi connectivity index (χ3v) is 4.94. The molecule has 3 rings (SSSR count). The van der Waals surface area contributed by atoms with E-state index in [0.717, 1.165) is 22.0 Å². The Balaban J connectivity index is 1.81. The number of hydrogen-bond donors (Lipinski definition) is 1. The molecule has 0 bridgehead atoms. The van der Waals surface area contributed by atoms with Crippen molar-refractivity contribution < 1.29 is 4.79 Å². The molecule has 0 saturated carbocycles. The van der Waals surface area contributed by atoms with Crippen LogP contribution in [0.25, 0.3) is 4.96 Å². The van der Waals surface area contributed by atoms with Crippen LogP contribution in [0.15, 0.2) is 24.3 Å². The lowest BCUT2D eigenvalue weighted by molar-refractivity contribution is 0.0954. The van der Waals surface area contributed by atoms with E-state index in [-0.39, 0.29) is 11.8 Å². The molecule has 0 aliphatic carbocycles. The lowest BCUT2D eigenvalue weighted by Gasteiger charge is -2.06. The predicted octanol–water partition coefficient (Wildman–Crippen LogP) is 3.46. The summed E-state index contributed by atoms with van der Waals surface area (Å²) in [5, 5.41) is 11.4. The minimum absolute atomic E-state index is 0.0618. The molecular formula is C17H20N4OS. The summed E-state index contributed by atoms with van der Waals surface area (Å²) in [5.41, 5.74) is 3.21. The molecule has 2 heterocycles. The van der Waals surface area contributed by atoms with Crippen LogP contribution in [-0.4, -0.2) is 20.5 Å². The average molecular weight is 328 g/mol. The maximum atomic E-state index is 12.5. The molecule has 0 fully saturated rings. The number of carbonyl (C=O) groups excluding carboxylic acids is 1. The highest BCUT2D eigenvalue weighted by atomic mass is 32.1. The summed E-state index contributed by atoms with van der Waals surface area (Å²) < 4.78 is 1.98. The molecule has 0 atom stereocenters. The molecule has 1 aromatic carbocycles. The van der Waals surface area contributed by atoms with Crippen LogP contribution in [0.5, 0.6) is 0 Å². The van der Waals surface area contributed by atoms with E-state index in [4.69, 9.17) is 0 Å². The van der Waals surface area contributed by atoms with Gasteiger partial charge in [0.05, 0.1) is 0 Å². The fourth-order valence-corrected chi connectivity index (χ4v) is 3.47. The van der Waals surface area contributed by atoms with Gasteiger partial charge in [-0.2, -0.15) is 0 Å². The Morgan fingerprint density at radius 2 is 1.91 bits per heavy atom. The van der Waals surface area contributed by atoms with Gasteiger partial charge in [-0.05, 0) is 19.4 Å². The van der Waals surface area contributed by atoms with E-state index in [1.165, 1.54) is 16.9 Å². The molecule has 1 N–H and O–H groups in total. The Morgan fingerprint density at radius 1 is 1.22 bits per heavy atom. The van der Waals surface area contributed by atoms with E-state index in [9.17, 15) is 4.79 Å². The molecule has 0 radical (unpaired) electrons. The van der Waals surface area contributed by atoms with Crippen molar-refractivity contribution in [2.24, 2.45) is 0 Å². The number of nitrogens with zero attached hydrogens (tertiary/aromatic N) is 3. The largest absolute Gasteiger partial charge is 0.347 e. The zero-order valence-electron chi connectivity index (χ0n) is 13.8. The van der Waals surface area contributed by atoms with Crippen molar-refractivity contribution in [3.05, 3.63) is 51.8 Å². The summed E-state index contributed by atoms with van der Waals surface area (Å²) in [5.74, 6) is 1.10. The van der Waals surface area contributed by atoms with Crippen molar-refractivity contribution in [1.29, 1.82) is 0 Å². The second-order valence-corrected chi connectivity index (χ2v) is 6.99. The first-order valence-electron chi connectivity index (χ1n) is 7.65. The first kappa shape index (κ1) is 15.7. The van der Waals surface area contributed by atoms with E-state index >= 15 is 0 Å². The number of carbonyl (C=O) groups is 1. The van der Waals surface area contributed by atoms with Crippen LogP contribution >= 0.6 is 11.3 Å². The monoisotopic (exact) mass is 328 g/mol. The maximum Gasteiger partial charge on any atom is 0.263 e. The predicted molar refractivity (Wildman–Crippen MR) is 92.0 cm³/mol. The van der Waals surface area contributed by atoms with Crippen molar-refractivity contribution in [3.63, 3.8) is 0 Å². The average Bonchev–Trinajstić information content (AvgIpc) is 3.07. The number of thiazole rings is 1. The lowest BCUT2D eigenvalue weighted by Crippen LogP contribution is -2.22. The minimum atomic E-state index is -0.0618. The van der Waals surface area contributed by atoms with Crippen LogP contribution in [0.1, 0.15) is 52.1 Å². The first-order chi connectivity index (χ1) is 11.0.